The van der Waals surface area contributed by atoms with Gasteiger partial charge >= 0.3 is 0 Å². The van der Waals surface area contributed by atoms with Gasteiger partial charge in [-0.3, -0.25) is 4.79 Å². The van der Waals surface area contributed by atoms with Gasteiger partial charge in [0.05, 0.1) is 0 Å². The van der Waals surface area contributed by atoms with Crippen LogP contribution in [0.4, 0.5) is 5.82 Å². The zero-order chi connectivity index (χ0) is 18.6. The summed E-state index contributed by atoms with van der Waals surface area (Å²) in [6, 6.07) is 9.80. The van der Waals surface area contributed by atoms with Crippen LogP contribution in [-0.4, -0.2) is 46.5 Å². The molecule has 3 N–H and O–H groups in total. The van der Waals surface area contributed by atoms with Crippen molar-refractivity contribution >= 4 is 11.7 Å². The van der Waals surface area contributed by atoms with E-state index in [4.69, 9.17) is 5.73 Å². The lowest BCUT2D eigenvalue weighted by Crippen LogP contribution is -2.34. The molecule has 1 aromatic carbocycles. The summed E-state index contributed by atoms with van der Waals surface area (Å²) in [5.41, 5.74) is 7.21. The Bertz CT molecular complexity index is 785. The first-order chi connectivity index (χ1) is 13.2. The normalized spacial score (nSPS) is 20.8. The van der Waals surface area contributed by atoms with Crippen LogP contribution in [-0.2, 0) is 0 Å². The third-order valence-electron chi connectivity index (χ3n) is 5.79. The van der Waals surface area contributed by atoms with Crippen LogP contribution < -0.4 is 11.1 Å². The number of nitrogens with zero attached hydrogens (tertiary/aromatic N) is 3. The maximum Gasteiger partial charge on any atom is 0.251 e. The first-order valence-electron chi connectivity index (χ1n) is 9.90. The second-order valence-electron chi connectivity index (χ2n) is 7.68. The van der Waals surface area contributed by atoms with Crippen molar-refractivity contribution in [3.05, 3.63) is 42.1 Å². The maximum absolute atomic E-state index is 12.5. The molecule has 6 heteroatoms. The molecule has 1 aliphatic heterocycles. The molecule has 2 heterocycles. The summed E-state index contributed by atoms with van der Waals surface area (Å²) in [5, 5.41) is 3.10. The highest BCUT2D eigenvalue weighted by Gasteiger charge is 2.29. The fourth-order valence-electron chi connectivity index (χ4n) is 4.25. The Morgan fingerprint density at radius 1 is 1.15 bits per heavy atom. The molecular formula is C21H27N5O. The van der Waals surface area contributed by atoms with E-state index in [0.29, 0.717) is 23.1 Å². The molecule has 4 rings (SSSR count). The van der Waals surface area contributed by atoms with Crippen molar-refractivity contribution in [1.29, 1.82) is 0 Å². The molecule has 2 aromatic rings. The quantitative estimate of drug-likeness (QED) is 0.851. The molecule has 2 fully saturated rings. The van der Waals surface area contributed by atoms with Gasteiger partial charge in [-0.1, -0.05) is 25.0 Å². The fourth-order valence-corrected chi connectivity index (χ4v) is 4.25. The van der Waals surface area contributed by atoms with E-state index in [1.54, 1.807) is 12.3 Å². The Morgan fingerprint density at radius 3 is 2.67 bits per heavy atom. The summed E-state index contributed by atoms with van der Waals surface area (Å²) in [6.07, 6.45) is 8.26. The third kappa shape index (κ3) is 4.27. The highest BCUT2D eigenvalue weighted by molar-refractivity contribution is 5.94. The number of amides is 1. The Kier molecular flexibility index (Phi) is 5.34. The molecule has 1 amide bonds. The molecule has 142 valence electrons. The summed E-state index contributed by atoms with van der Waals surface area (Å²) in [7, 11) is 0. The molecule has 1 aliphatic carbocycles. The Balaban J connectivity index is 1.30. The molecular weight excluding hydrogens is 338 g/mol. The number of benzene rings is 1. The number of hydrogen-bond acceptors (Lipinski definition) is 5. The van der Waals surface area contributed by atoms with Crippen LogP contribution in [0.3, 0.4) is 0 Å². The average Bonchev–Trinajstić information content (AvgIpc) is 3.38. The van der Waals surface area contributed by atoms with Crippen molar-refractivity contribution in [2.24, 2.45) is 5.92 Å². The Morgan fingerprint density at radius 2 is 1.93 bits per heavy atom. The van der Waals surface area contributed by atoms with E-state index in [1.807, 2.05) is 24.3 Å². The zero-order valence-electron chi connectivity index (χ0n) is 15.6. The van der Waals surface area contributed by atoms with Crippen LogP contribution in [0.15, 0.2) is 36.5 Å². The van der Waals surface area contributed by atoms with Gasteiger partial charge in [-0.25, -0.2) is 9.97 Å². The molecule has 0 spiro atoms. The number of nitrogens with two attached hydrogens (primary N) is 1. The molecule has 27 heavy (non-hydrogen) atoms. The van der Waals surface area contributed by atoms with E-state index in [2.05, 4.69) is 20.2 Å². The minimum atomic E-state index is -0.0191. The molecule has 2 aliphatic rings. The maximum atomic E-state index is 12.5. The van der Waals surface area contributed by atoms with Crippen LogP contribution in [0.5, 0.6) is 0 Å². The molecule has 0 unspecified atom stereocenters. The standard InChI is InChI=1S/C21H27N5O/c22-19-9-11-23-20(25-19)16-5-7-17(8-6-16)21(27)24-13-15-10-12-26(14-15)18-3-1-2-4-18/h5-9,11,15,18H,1-4,10,12-14H2,(H,24,27)(H2,22,23,25)/t15-/m1/s1. The predicted molar refractivity (Wildman–Crippen MR) is 106 cm³/mol. The van der Waals surface area contributed by atoms with E-state index in [-0.39, 0.29) is 5.91 Å². The number of nitrogen functional groups attached to an aromatic ring is 1. The first-order valence-corrected chi connectivity index (χ1v) is 9.90. The minimum absolute atomic E-state index is 0.0191. The number of nitrogens with one attached hydrogen (secondary N) is 1. The lowest BCUT2D eigenvalue weighted by atomic mass is 10.1. The zero-order valence-corrected chi connectivity index (χ0v) is 15.6. The smallest absolute Gasteiger partial charge is 0.251 e. The van der Waals surface area contributed by atoms with Crippen molar-refractivity contribution in [1.82, 2.24) is 20.2 Å². The van der Waals surface area contributed by atoms with Gasteiger partial charge in [0.15, 0.2) is 5.82 Å². The van der Waals surface area contributed by atoms with Crippen LogP contribution in [0, 0.1) is 5.92 Å². The number of likely N-dealkylation sites (tertiary alicyclic amines) is 1. The third-order valence-corrected chi connectivity index (χ3v) is 5.79. The highest BCUT2D eigenvalue weighted by atomic mass is 16.1. The van der Waals surface area contributed by atoms with Crippen LogP contribution >= 0.6 is 0 Å². The van der Waals surface area contributed by atoms with Gasteiger partial charge in [0.25, 0.3) is 5.91 Å². The van der Waals surface area contributed by atoms with E-state index in [9.17, 15) is 4.79 Å². The largest absolute Gasteiger partial charge is 0.384 e. The van der Waals surface area contributed by atoms with E-state index < -0.39 is 0 Å². The molecule has 1 aromatic heterocycles. The van der Waals surface area contributed by atoms with Crippen molar-refractivity contribution in [3.63, 3.8) is 0 Å². The van der Waals surface area contributed by atoms with E-state index in [1.165, 1.54) is 38.6 Å². The summed E-state index contributed by atoms with van der Waals surface area (Å²) < 4.78 is 0. The lowest BCUT2D eigenvalue weighted by Gasteiger charge is -2.23. The van der Waals surface area contributed by atoms with Gasteiger partial charge in [-0.05, 0) is 49.9 Å². The first kappa shape index (κ1) is 17.9. The van der Waals surface area contributed by atoms with Crippen molar-refractivity contribution in [2.75, 3.05) is 25.4 Å². The van der Waals surface area contributed by atoms with Gasteiger partial charge < -0.3 is 16.0 Å². The number of carbonyl (C=O) groups excluding carboxylic acids is 1. The molecule has 0 bridgehead atoms. The summed E-state index contributed by atoms with van der Waals surface area (Å²) in [5.74, 6) is 1.55. The lowest BCUT2D eigenvalue weighted by molar-refractivity contribution is 0.0947. The fraction of sp³-hybridized carbons (Fsp3) is 0.476. The molecule has 0 radical (unpaired) electrons. The van der Waals surface area contributed by atoms with Gasteiger partial charge in [0, 0.05) is 36.5 Å². The van der Waals surface area contributed by atoms with Gasteiger partial charge in [0.2, 0.25) is 0 Å². The van der Waals surface area contributed by atoms with Crippen molar-refractivity contribution in [2.45, 2.75) is 38.1 Å². The molecule has 6 nitrogen and oxygen atoms in total. The SMILES string of the molecule is Nc1ccnc(-c2ccc(C(=O)NC[C@H]3CCN(C4CCCC4)C3)cc2)n1. The number of carbonyl (C=O) groups is 1. The van der Waals surface area contributed by atoms with Crippen molar-refractivity contribution < 1.29 is 4.79 Å². The van der Waals surface area contributed by atoms with Gasteiger partial charge in [0.1, 0.15) is 5.82 Å². The number of aromatic nitrogens is 2. The van der Waals surface area contributed by atoms with E-state index in [0.717, 1.165) is 24.7 Å². The topological polar surface area (TPSA) is 84.1 Å². The van der Waals surface area contributed by atoms with Gasteiger partial charge in [-0.15, -0.1) is 0 Å². The average molecular weight is 365 g/mol. The second-order valence-corrected chi connectivity index (χ2v) is 7.68. The Labute approximate surface area is 160 Å². The second kappa shape index (κ2) is 8.05. The molecule has 1 saturated heterocycles. The number of hydrogen-bond donors (Lipinski definition) is 2. The molecule has 1 atom stereocenters. The van der Waals surface area contributed by atoms with Gasteiger partial charge in [-0.2, -0.15) is 0 Å². The molecule has 1 saturated carbocycles. The minimum Gasteiger partial charge on any atom is -0.384 e. The summed E-state index contributed by atoms with van der Waals surface area (Å²) in [4.78, 5) is 23.5. The van der Waals surface area contributed by atoms with Crippen LogP contribution in [0.25, 0.3) is 11.4 Å². The Hall–Kier alpha value is -2.47. The summed E-state index contributed by atoms with van der Waals surface area (Å²) in [6.45, 7) is 3.05. The number of anilines is 1. The summed E-state index contributed by atoms with van der Waals surface area (Å²) >= 11 is 0. The number of rotatable bonds is 5. The van der Waals surface area contributed by atoms with Crippen molar-refractivity contribution in [3.8, 4) is 11.4 Å². The van der Waals surface area contributed by atoms with Crippen LogP contribution in [0.1, 0.15) is 42.5 Å². The predicted octanol–water partition coefficient (Wildman–Crippen LogP) is 2.72. The highest BCUT2D eigenvalue weighted by Crippen LogP contribution is 2.28. The van der Waals surface area contributed by atoms with E-state index >= 15 is 0 Å². The van der Waals surface area contributed by atoms with Crippen LogP contribution in [0.2, 0.25) is 0 Å². The monoisotopic (exact) mass is 365 g/mol.